The van der Waals surface area contributed by atoms with Crippen LogP contribution in [-0.2, 0) is 5.41 Å². The molecule has 0 saturated heterocycles. The number of H-pyrrole nitrogens is 1. The number of carbonyl (C=O) groups excluding carboxylic acids is 1. The fourth-order valence-corrected chi connectivity index (χ4v) is 3.40. The van der Waals surface area contributed by atoms with Crippen molar-refractivity contribution < 1.29 is 9.18 Å². The number of amides is 1. The highest BCUT2D eigenvalue weighted by atomic mass is 35.5. The molecule has 5 heteroatoms. The first kappa shape index (κ1) is 15.2. The molecule has 1 aliphatic rings. The van der Waals surface area contributed by atoms with E-state index in [2.05, 4.69) is 10.3 Å². The van der Waals surface area contributed by atoms with Crippen molar-refractivity contribution in [1.82, 2.24) is 10.3 Å². The highest BCUT2D eigenvalue weighted by Gasteiger charge is 2.45. The van der Waals surface area contributed by atoms with Crippen molar-refractivity contribution in [2.75, 3.05) is 6.54 Å². The summed E-state index contributed by atoms with van der Waals surface area (Å²) in [6, 6.07) is 11.7. The summed E-state index contributed by atoms with van der Waals surface area (Å²) in [5.41, 5.74) is 2.42. The fraction of sp³-hybridized carbons (Fsp3) is 0.211. The summed E-state index contributed by atoms with van der Waals surface area (Å²) in [5.74, 6) is -0.385. The standard InChI is InChI=1S/C19H16ClFN2O/c20-13-3-1-2-12(8-13)18(24)23-11-19(6-7-19)16-10-22-17-9-14(21)4-5-15(16)17/h1-5,8-10,22H,6-7,11H2,(H,23,24). The van der Waals surface area contributed by atoms with Gasteiger partial charge in [0.1, 0.15) is 5.82 Å². The molecule has 0 spiro atoms. The minimum atomic E-state index is -0.255. The summed E-state index contributed by atoms with van der Waals surface area (Å²) in [4.78, 5) is 15.5. The van der Waals surface area contributed by atoms with E-state index in [1.807, 2.05) is 6.20 Å². The van der Waals surface area contributed by atoms with Gasteiger partial charge in [0, 0.05) is 39.6 Å². The Bertz CT molecular complexity index is 930. The van der Waals surface area contributed by atoms with E-state index in [1.54, 1.807) is 30.3 Å². The number of nitrogens with one attached hydrogen (secondary N) is 2. The Morgan fingerprint density at radius 1 is 1.25 bits per heavy atom. The molecule has 3 aromatic rings. The zero-order valence-electron chi connectivity index (χ0n) is 12.9. The van der Waals surface area contributed by atoms with E-state index in [0.29, 0.717) is 17.1 Å². The molecule has 0 bridgehead atoms. The van der Waals surface area contributed by atoms with Crippen molar-refractivity contribution in [3.8, 4) is 0 Å². The van der Waals surface area contributed by atoms with Crippen LogP contribution in [0.5, 0.6) is 0 Å². The number of hydrogen-bond donors (Lipinski definition) is 2. The van der Waals surface area contributed by atoms with Crippen LogP contribution in [-0.4, -0.2) is 17.4 Å². The number of aromatic nitrogens is 1. The highest BCUT2D eigenvalue weighted by molar-refractivity contribution is 6.30. The number of carbonyl (C=O) groups is 1. The normalized spacial score (nSPS) is 15.4. The van der Waals surface area contributed by atoms with Crippen molar-refractivity contribution >= 4 is 28.4 Å². The van der Waals surface area contributed by atoms with E-state index in [-0.39, 0.29) is 17.1 Å². The Hall–Kier alpha value is -2.33. The van der Waals surface area contributed by atoms with Crippen LogP contribution in [0.25, 0.3) is 10.9 Å². The molecular formula is C19H16ClFN2O. The van der Waals surface area contributed by atoms with Crippen LogP contribution in [0.4, 0.5) is 4.39 Å². The molecule has 0 aliphatic heterocycles. The van der Waals surface area contributed by atoms with Crippen LogP contribution in [0.1, 0.15) is 28.8 Å². The number of benzene rings is 2. The third kappa shape index (κ3) is 2.67. The molecule has 1 heterocycles. The molecule has 0 unspecified atom stereocenters. The maximum absolute atomic E-state index is 13.3. The Labute approximate surface area is 143 Å². The van der Waals surface area contributed by atoms with Crippen molar-refractivity contribution in [1.29, 1.82) is 0 Å². The number of hydrogen-bond acceptors (Lipinski definition) is 1. The van der Waals surface area contributed by atoms with Crippen LogP contribution < -0.4 is 5.32 Å². The first-order chi connectivity index (χ1) is 11.6. The second-order valence-electron chi connectivity index (χ2n) is 6.37. The Morgan fingerprint density at radius 2 is 2.08 bits per heavy atom. The first-order valence-electron chi connectivity index (χ1n) is 7.88. The third-order valence-corrected chi connectivity index (χ3v) is 4.98. The minimum absolute atomic E-state index is 0.0652. The number of rotatable bonds is 4. The summed E-state index contributed by atoms with van der Waals surface area (Å²) in [6.45, 7) is 0.558. The van der Waals surface area contributed by atoms with Crippen molar-refractivity contribution in [2.24, 2.45) is 0 Å². The maximum Gasteiger partial charge on any atom is 0.251 e. The zero-order valence-corrected chi connectivity index (χ0v) is 13.7. The minimum Gasteiger partial charge on any atom is -0.361 e. The molecule has 24 heavy (non-hydrogen) atoms. The van der Waals surface area contributed by atoms with Crippen LogP contribution >= 0.6 is 11.6 Å². The molecule has 1 amide bonds. The summed E-state index contributed by atoms with van der Waals surface area (Å²) in [7, 11) is 0. The quantitative estimate of drug-likeness (QED) is 0.724. The molecule has 1 saturated carbocycles. The number of halogens is 2. The molecule has 1 aliphatic carbocycles. The Kier molecular flexibility index (Phi) is 3.57. The molecule has 0 atom stereocenters. The number of aromatic amines is 1. The van der Waals surface area contributed by atoms with Gasteiger partial charge in [-0.3, -0.25) is 4.79 Å². The molecule has 3 nitrogen and oxygen atoms in total. The lowest BCUT2D eigenvalue weighted by atomic mass is 9.95. The lowest BCUT2D eigenvalue weighted by molar-refractivity contribution is 0.0949. The van der Waals surface area contributed by atoms with Gasteiger partial charge in [-0.2, -0.15) is 0 Å². The predicted octanol–water partition coefficient (Wildman–Crippen LogP) is 4.42. The van der Waals surface area contributed by atoms with Gasteiger partial charge in [0.2, 0.25) is 0 Å². The average Bonchev–Trinajstić information content (AvgIpc) is 3.24. The largest absolute Gasteiger partial charge is 0.361 e. The predicted molar refractivity (Wildman–Crippen MR) is 93.0 cm³/mol. The zero-order chi connectivity index (χ0) is 16.7. The van der Waals surface area contributed by atoms with Crippen molar-refractivity contribution in [3.63, 3.8) is 0 Å². The first-order valence-corrected chi connectivity index (χ1v) is 8.26. The van der Waals surface area contributed by atoms with Crippen molar-refractivity contribution in [3.05, 3.63) is 70.6 Å². The van der Waals surface area contributed by atoms with Gasteiger partial charge in [0.05, 0.1) is 0 Å². The Balaban J connectivity index is 1.54. The van der Waals surface area contributed by atoms with E-state index < -0.39 is 0 Å². The van der Waals surface area contributed by atoms with Crippen LogP contribution in [0.2, 0.25) is 5.02 Å². The molecule has 0 radical (unpaired) electrons. The van der Waals surface area contributed by atoms with E-state index in [0.717, 1.165) is 29.3 Å². The van der Waals surface area contributed by atoms with Gasteiger partial charge < -0.3 is 10.3 Å². The molecule has 2 N–H and O–H groups in total. The van der Waals surface area contributed by atoms with Gasteiger partial charge >= 0.3 is 0 Å². The van der Waals surface area contributed by atoms with Crippen LogP contribution in [0, 0.1) is 5.82 Å². The summed E-state index contributed by atoms with van der Waals surface area (Å²) < 4.78 is 13.3. The molecule has 4 rings (SSSR count). The van der Waals surface area contributed by atoms with Gasteiger partial charge in [-0.1, -0.05) is 17.7 Å². The van der Waals surface area contributed by atoms with Gasteiger partial charge in [0.15, 0.2) is 0 Å². The van der Waals surface area contributed by atoms with E-state index in [1.165, 1.54) is 12.1 Å². The fourth-order valence-electron chi connectivity index (χ4n) is 3.21. The Morgan fingerprint density at radius 3 is 2.83 bits per heavy atom. The SMILES string of the molecule is O=C(NCC1(c2c[nH]c3cc(F)ccc23)CC1)c1cccc(Cl)c1. The lowest BCUT2D eigenvalue weighted by Crippen LogP contribution is -2.32. The monoisotopic (exact) mass is 342 g/mol. The second-order valence-corrected chi connectivity index (χ2v) is 6.80. The van der Waals surface area contributed by atoms with Crippen LogP contribution in [0.15, 0.2) is 48.7 Å². The summed E-state index contributed by atoms with van der Waals surface area (Å²) in [5, 5.41) is 4.57. The van der Waals surface area contributed by atoms with Crippen LogP contribution in [0.3, 0.4) is 0 Å². The van der Waals surface area contributed by atoms with E-state index in [9.17, 15) is 9.18 Å². The van der Waals surface area contributed by atoms with E-state index >= 15 is 0 Å². The van der Waals surface area contributed by atoms with Gasteiger partial charge in [-0.25, -0.2) is 4.39 Å². The molecule has 122 valence electrons. The molecule has 1 fully saturated rings. The third-order valence-electron chi connectivity index (χ3n) is 4.74. The average molecular weight is 343 g/mol. The van der Waals surface area contributed by atoms with E-state index in [4.69, 9.17) is 11.6 Å². The second kappa shape index (κ2) is 5.64. The van der Waals surface area contributed by atoms with Gasteiger partial charge in [-0.15, -0.1) is 0 Å². The number of fused-ring (bicyclic) bond motifs is 1. The highest BCUT2D eigenvalue weighted by Crippen LogP contribution is 2.50. The molecular weight excluding hydrogens is 327 g/mol. The maximum atomic E-state index is 13.3. The molecule has 2 aromatic carbocycles. The summed E-state index contributed by atoms with van der Waals surface area (Å²) in [6.07, 6.45) is 3.95. The molecule has 1 aromatic heterocycles. The lowest BCUT2D eigenvalue weighted by Gasteiger charge is -2.16. The van der Waals surface area contributed by atoms with Gasteiger partial charge in [0.25, 0.3) is 5.91 Å². The van der Waals surface area contributed by atoms with Crippen molar-refractivity contribution in [2.45, 2.75) is 18.3 Å². The van der Waals surface area contributed by atoms with Gasteiger partial charge in [-0.05, 0) is 54.8 Å². The smallest absolute Gasteiger partial charge is 0.251 e. The topological polar surface area (TPSA) is 44.9 Å². The summed E-state index contributed by atoms with van der Waals surface area (Å²) >= 11 is 5.94.